The second kappa shape index (κ2) is 4.62. The maximum atomic E-state index is 6.13. The Morgan fingerprint density at radius 1 is 1.33 bits per heavy atom. The lowest BCUT2D eigenvalue weighted by Crippen LogP contribution is -2.40. The first-order chi connectivity index (χ1) is 7.21. The second-order valence-corrected chi connectivity index (χ2v) is 5.70. The summed E-state index contributed by atoms with van der Waals surface area (Å²) >= 11 is 2.00. The van der Waals surface area contributed by atoms with Crippen LogP contribution < -0.4 is 0 Å². The van der Waals surface area contributed by atoms with Gasteiger partial charge in [0.1, 0.15) is 0 Å². The molecule has 0 N–H and O–H groups in total. The Balaban J connectivity index is 2.13. The van der Waals surface area contributed by atoms with Crippen LogP contribution >= 0.6 is 11.8 Å². The monoisotopic (exact) mass is 232 g/mol. The maximum absolute atomic E-state index is 6.13. The van der Waals surface area contributed by atoms with Crippen LogP contribution in [0.15, 0.2) is 0 Å². The van der Waals surface area contributed by atoms with E-state index in [4.69, 9.17) is 14.2 Å². The van der Waals surface area contributed by atoms with E-state index in [9.17, 15) is 0 Å². The normalized spacial score (nSPS) is 44.6. The summed E-state index contributed by atoms with van der Waals surface area (Å²) in [7, 11) is 3.53. The van der Waals surface area contributed by atoms with Crippen LogP contribution in [0.4, 0.5) is 0 Å². The zero-order valence-corrected chi connectivity index (χ0v) is 10.5. The number of fused-ring (bicyclic) bond motifs is 2. The fourth-order valence-electron chi connectivity index (χ4n) is 2.80. The largest absolute Gasteiger partial charge is 0.384 e. The van der Waals surface area contributed by atoms with Crippen LogP contribution in [0.3, 0.4) is 0 Å². The van der Waals surface area contributed by atoms with Crippen molar-refractivity contribution in [2.75, 3.05) is 38.9 Å². The zero-order chi connectivity index (χ0) is 10.9. The molecule has 4 atom stereocenters. The lowest BCUT2D eigenvalue weighted by Gasteiger charge is -2.33. The van der Waals surface area contributed by atoms with Gasteiger partial charge < -0.3 is 14.2 Å². The van der Waals surface area contributed by atoms with Gasteiger partial charge >= 0.3 is 0 Å². The average molecular weight is 232 g/mol. The minimum atomic E-state index is -0.00715. The minimum Gasteiger partial charge on any atom is -0.384 e. The summed E-state index contributed by atoms with van der Waals surface area (Å²) in [4.78, 5) is 0. The van der Waals surface area contributed by atoms with Crippen LogP contribution in [0.1, 0.15) is 6.92 Å². The SMILES string of the molecule is COCC1C2CSCC(C)(O2)C1COC. The van der Waals surface area contributed by atoms with E-state index in [1.807, 2.05) is 11.8 Å². The molecule has 88 valence electrons. The fraction of sp³-hybridized carbons (Fsp3) is 1.00. The molecule has 0 saturated carbocycles. The second-order valence-electron chi connectivity index (χ2n) is 4.67. The third-order valence-electron chi connectivity index (χ3n) is 3.58. The van der Waals surface area contributed by atoms with Gasteiger partial charge in [-0.15, -0.1) is 0 Å². The smallest absolute Gasteiger partial charge is 0.0803 e. The van der Waals surface area contributed by atoms with Crippen molar-refractivity contribution in [3.8, 4) is 0 Å². The first kappa shape index (κ1) is 11.7. The molecule has 0 amide bonds. The van der Waals surface area contributed by atoms with E-state index in [2.05, 4.69) is 6.92 Å². The molecule has 0 spiro atoms. The van der Waals surface area contributed by atoms with Crippen LogP contribution in [0.25, 0.3) is 0 Å². The predicted molar refractivity (Wildman–Crippen MR) is 61.3 cm³/mol. The highest BCUT2D eigenvalue weighted by molar-refractivity contribution is 7.99. The summed E-state index contributed by atoms with van der Waals surface area (Å²) in [5.41, 5.74) is -0.00715. The Hall–Kier alpha value is 0.230. The summed E-state index contributed by atoms with van der Waals surface area (Å²) in [6.45, 7) is 3.78. The fourth-order valence-corrected chi connectivity index (χ4v) is 4.16. The van der Waals surface area contributed by atoms with Gasteiger partial charge in [0, 0.05) is 37.6 Å². The summed E-state index contributed by atoms with van der Waals surface area (Å²) in [6, 6.07) is 0. The van der Waals surface area contributed by atoms with E-state index < -0.39 is 0 Å². The molecule has 0 aromatic heterocycles. The van der Waals surface area contributed by atoms with E-state index in [1.165, 1.54) is 0 Å². The molecule has 2 aliphatic heterocycles. The van der Waals surface area contributed by atoms with Crippen molar-refractivity contribution < 1.29 is 14.2 Å². The average Bonchev–Trinajstić information content (AvgIpc) is 2.39. The van der Waals surface area contributed by atoms with Crippen molar-refractivity contribution in [2.24, 2.45) is 11.8 Å². The first-order valence-corrected chi connectivity index (χ1v) is 6.60. The molecule has 2 saturated heterocycles. The summed E-state index contributed by atoms with van der Waals surface area (Å²) in [6.07, 6.45) is 0.355. The molecule has 0 aromatic carbocycles. The van der Waals surface area contributed by atoms with E-state index in [0.29, 0.717) is 17.9 Å². The van der Waals surface area contributed by atoms with Gasteiger partial charge in [-0.1, -0.05) is 0 Å². The molecule has 3 nitrogen and oxygen atoms in total. The van der Waals surface area contributed by atoms with Crippen LogP contribution in [0.2, 0.25) is 0 Å². The number of thioether (sulfide) groups is 1. The molecular formula is C11H20O3S. The topological polar surface area (TPSA) is 27.7 Å². The number of methoxy groups -OCH3 is 2. The molecule has 2 aliphatic rings. The van der Waals surface area contributed by atoms with Gasteiger partial charge in [-0.3, -0.25) is 0 Å². The van der Waals surface area contributed by atoms with Crippen LogP contribution in [0, 0.1) is 11.8 Å². The Morgan fingerprint density at radius 2 is 2.07 bits per heavy atom. The lowest BCUT2D eigenvalue weighted by molar-refractivity contribution is -0.0373. The van der Waals surface area contributed by atoms with Crippen molar-refractivity contribution in [1.82, 2.24) is 0 Å². The third kappa shape index (κ3) is 2.05. The van der Waals surface area contributed by atoms with Crippen LogP contribution in [-0.4, -0.2) is 50.6 Å². The number of ether oxygens (including phenoxy) is 3. The highest BCUT2D eigenvalue weighted by atomic mass is 32.2. The molecule has 0 aliphatic carbocycles. The summed E-state index contributed by atoms with van der Waals surface area (Å²) in [5, 5.41) is 0. The molecule has 0 aromatic rings. The zero-order valence-electron chi connectivity index (χ0n) is 9.69. The number of hydrogen-bond acceptors (Lipinski definition) is 4. The van der Waals surface area contributed by atoms with Gasteiger partial charge in [-0.2, -0.15) is 11.8 Å². The summed E-state index contributed by atoms with van der Waals surface area (Å²) in [5.74, 6) is 3.15. The molecule has 2 rings (SSSR count). The van der Waals surface area contributed by atoms with Crippen molar-refractivity contribution in [1.29, 1.82) is 0 Å². The molecule has 4 heteroatoms. The lowest BCUT2D eigenvalue weighted by atomic mass is 9.82. The van der Waals surface area contributed by atoms with Gasteiger partial charge in [0.15, 0.2) is 0 Å². The Morgan fingerprint density at radius 3 is 2.73 bits per heavy atom. The van der Waals surface area contributed by atoms with E-state index in [0.717, 1.165) is 24.7 Å². The first-order valence-electron chi connectivity index (χ1n) is 5.44. The molecule has 2 heterocycles. The molecular weight excluding hydrogens is 212 g/mol. The van der Waals surface area contributed by atoms with Crippen molar-refractivity contribution in [3.05, 3.63) is 0 Å². The van der Waals surface area contributed by atoms with Crippen molar-refractivity contribution in [3.63, 3.8) is 0 Å². The quantitative estimate of drug-likeness (QED) is 0.732. The summed E-state index contributed by atoms with van der Waals surface area (Å²) < 4.78 is 16.8. The standard InChI is InChI=1S/C11H20O3S/c1-11-7-15-6-10(14-11)8(4-12-2)9(11)5-13-3/h8-10H,4-7H2,1-3H3. The Labute approximate surface area is 95.8 Å². The van der Waals surface area contributed by atoms with Crippen molar-refractivity contribution >= 4 is 11.8 Å². The molecule has 0 radical (unpaired) electrons. The van der Waals surface area contributed by atoms with Gasteiger partial charge in [-0.05, 0) is 6.92 Å². The molecule has 15 heavy (non-hydrogen) atoms. The number of rotatable bonds is 4. The van der Waals surface area contributed by atoms with Gasteiger partial charge in [0.05, 0.1) is 24.9 Å². The highest BCUT2D eigenvalue weighted by Gasteiger charge is 2.54. The number of hydrogen-bond donors (Lipinski definition) is 0. The van der Waals surface area contributed by atoms with Gasteiger partial charge in [-0.25, -0.2) is 0 Å². The van der Waals surface area contributed by atoms with E-state index in [1.54, 1.807) is 14.2 Å². The van der Waals surface area contributed by atoms with Crippen molar-refractivity contribution in [2.45, 2.75) is 18.6 Å². The molecule has 2 fully saturated rings. The van der Waals surface area contributed by atoms with Crippen LogP contribution in [-0.2, 0) is 14.2 Å². The molecule has 2 bridgehead atoms. The highest BCUT2D eigenvalue weighted by Crippen LogP contribution is 2.47. The third-order valence-corrected chi connectivity index (χ3v) is 4.92. The maximum Gasteiger partial charge on any atom is 0.0803 e. The van der Waals surface area contributed by atoms with Gasteiger partial charge in [0.2, 0.25) is 0 Å². The minimum absolute atomic E-state index is 0.00715. The molecule has 4 unspecified atom stereocenters. The Bertz CT molecular complexity index is 224. The Kier molecular flexibility index (Phi) is 3.60. The predicted octanol–water partition coefficient (Wildman–Crippen LogP) is 1.42. The van der Waals surface area contributed by atoms with Gasteiger partial charge in [0.25, 0.3) is 0 Å². The van der Waals surface area contributed by atoms with E-state index in [-0.39, 0.29) is 5.60 Å². The van der Waals surface area contributed by atoms with E-state index >= 15 is 0 Å². The van der Waals surface area contributed by atoms with Crippen LogP contribution in [0.5, 0.6) is 0 Å².